The first-order valence-electron chi connectivity index (χ1n) is 7.35. The molecule has 1 amide bonds. The lowest BCUT2D eigenvalue weighted by atomic mass is 9.73. The van der Waals surface area contributed by atoms with Gasteiger partial charge in [0.05, 0.1) is 11.5 Å². The Morgan fingerprint density at radius 1 is 1.52 bits per heavy atom. The molecule has 1 aliphatic heterocycles. The molecule has 1 saturated heterocycles. The number of nitrogens with zero attached hydrogens (tertiary/aromatic N) is 1. The minimum atomic E-state index is -1.12. The van der Waals surface area contributed by atoms with Crippen molar-refractivity contribution in [3.63, 3.8) is 0 Å². The van der Waals surface area contributed by atoms with Crippen molar-refractivity contribution < 1.29 is 29.7 Å². The molecule has 0 saturated carbocycles. The van der Waals surface area contributed by atoms with E-state index >= 15 is 0 Å². The Bertz CT molecular complexity index is 530. The largest absolute Gasteiger partial charge is 0.483 e. The van der Waals surface area contributed by atoms with Crippen molar-refractivity contribution in [3.8, 4) is 0 Å². The molecule has 23 heavy (non-hydrogen) atoms. The summed E-state index contributed by atoms with van der Waals surface area (Å²) in [4.78, 5) is 36.4. The number of β-amino-alcohol motifs (C(OH)–C–C–N with tert-alkyl or cyclic N) is 1. The van der Waals surface area contributed by atoms with Crippen LogP contribution in [-0.4, -0.2) is 62.7 Å². The number of aliphatic carboxylic acids is 1. The van der Waals surface area contributed by atoms with E-state index in [2.05, 4.69) is 4.98 Å². The van der Waals surface area contributed by atoms with Gasteiger partial charge in [-0.25, -0.2) is 0 Å². The molecule has 0 aliphatic carbocycles. The fourth-order valence-corrected chi connectivity index (χ4v) is 2.89. The summed E-state index contributed by atoms with van der Waals surface area (Å²) in [6.45, 7) is 2.05. The number of rotatable bonds is 4. The van der Waals surface area contributed by atoms with Gasteiger partial charge >= 0.3 is 5.97 Å². The topological polar surface area (TPSA) is 131 Å². The normalized spacial score (nSPS) is 23.6. The maximum absolute atomic E-state index is 12.2. The summed E-state index contributed by atoms with van der Waals surface area (Å²) >= 11 is 0. The van der Waals surface area contributed by atoms with Crippen LogP contribution in [0.1, 0.15) is 36.7 Å². The Balaban J connectivity index is 0.000000816. The van der Waals surface area contributed by atoms with Crippen LogP contribution in [0.25, 0.3) is 0 Å². The van der Waals surface area contributed by atoms with Gasteiger partial charge in [-0.3, -0.25) is 14.4 Å². The van der Waals surface area contributed by atoms with Crippen molar-refractivity contribution >= 4 is 18.3 Å². The first-order chi connectivity index (χ1) is 10.9. The molecule has 4 N–H and O–H groups in total. The number of hydrogen-bond donors (Lipinski definition) is 4. The van der Waals surface area contributed by atoms with Crippen LogP contribution in [0.4, 0.5) is 0 Å². The summed E-state index contributed by atoms with van der Waals surface area (Å²) in [5.74, 6) is -1.18. The third-order valence-electron chi connectivity index (χ3n) is 4.10. The Hall–Kier alpha value is -2.35. The number of likely N-dealkylation sites (tertiary alicyclic amines) is 1. The number of carbonyl (C=O) groups excluding carboxylic acids is 1. The van der Waals surface area contributed by atoms with Crippen molar-refractivity contribution in [1.82, 2.24) is 9.88 Å². The third-order valence-corrected chi connectivity index (χ3v) is 4.10. The van der Waals surface area contributed by atoms with Gasteiger partial charge in [-0.05, 0) is 25.0 Å². The molecular weight excluding hydrogens is 304 g/mol. The summed E-state index contributed by atoms with van der Waals surface area (Å²) in [6, 6.07) is 3.39. The molecule has 1 aliphatic rings. The van der Waals surface area contributed by atoms with Crippen LogP contribution in [0.2, 0.25) is 0 Å². The van der Waals surface area contributed by atoms with Crippen molar-refractivity contribution in [3.05, 3.63) is 24.0 Å². The second-order valence-electron chi connectivity index (χ2n) is 5.42. The Morgan fingerprint density at radius 3 is 2.61 bits per heavy atom. The van der Waals surface area contributed by atoms with E-state index in [-0.39, 0.29) is 25.3 Å². The third kappa shape index (κ3) is 4.10. The average molecular weight is 326 g/mol. The highest BCUT2D eigenvalue weighted by Gasteiger charge is 2.48. The van der Waals surface area contributed by atoms with Gasteiger partial charge in [-0.2, -0.15) is 0 Å². The quantitative estimate of drug-likeness (QED) is 0.605. The van der Waals surface area contributed by atoms with Crippen LogP contribution in [0.15, 0.2) is 18.3 Å². The number of amides is 1. The smallest absolute Gasteiger partial charge is 0.312 e. The first kappa shape index (κ1) is 18.7. The molecule has 8 nitrogen and oxygen atoms in total. The number of aliphatic hydroxyl groups excluding tert-OH is 1. The van der Waals surface area contributed by atoms with Crippen LogP contribution in [0.3, 0.4) is 0 Å². The van der Waals surface area contributed by atoms with Crippen LogP contribution < -0.4 is 0 Å². The fourth-order valence-electron chi connectivity index (χ4n) is 2.89. The van der Waals surface area contributed by atoms with Crippen LogP contribution in [0.5, 0.6) is 0 Å². The van der Waals surface area contributed by atoms with Crippen LogP contribution in [0, 0.1) is 5.41 Å². The summed E-state index contributed by atoms with van der Waals surface area (Å²) in [5.41, 5.74) is -0.670. The number of aromatic amines is 1. The standard InChI is InChI=1S/C14H20N2O4.CH2O2/c1-2-5-14(13(19)20)6-8-16(9-11(14)17)12(18)10-4-3-7-15-10;2-1-3/h3-4,7,11,15,17H,2,5-6,8-9H2,1H3,(H,19,20);1H,(H,2,3)/t11-,14-;/m0./s1. The van der Waals surface area contributed by atoms with Crippen molar-refractivity contribution in [2.75, 3.05) is 13.1 Å². The van der Waals surface area contributed by atoms with Gasteiger partial charge in [0.15, 0.2) is 0 Å². The predicted octanol–water partition coefficient (Wildman–Crippen LogP) is 0.793. The van der Waals surface area contributed by atoms with E-state index in [0.717, 1.165) is 0 Å². The number of piperidine rings is 1. The Labute approximate surface area is 133 Å². The van der Waals surface area contributed by atoms with Gasteiger partial charge in [-0.1, -0.05) is 13.3 Å². The van der Waals surface area contributed by atoms with E-state index in [1.54, 1.807) is 18.3 Å². The summed E-state index contributed by atoms with van der Waals surface area (Å²) in [6.07, 6.45) is 2.02. The molecule has 128 valence electrons. The molecule has 2 atom stereocenters. The van der Waals surface area contributed by atoms with E-state index in [9.17, 15) is 19.8 Å². The number of aliphatic hydroxyl groups is 1. The lowest BCUT2D eigenvalue weighted by Gasteiger charge is -2.42. The zero-order valence-corrected chi connectivity index (χ0v) is 12.9. The Kier molecular flexibility index (Phi) is 6.77. The molecule has 0 bridgehead atoms. The van der Waals surface area contributed by atoms with Crippen LogP contribution in [-0.2, 0) is 9.59 Å². The van der Waals surface area contributed by atoms with Gasteiger partial charge < -0.3 is 25.2 Å². The van der Waals surface area contributed by atoms with Crippen LogP contribution >= 0.6 is 0 Å². The van der Waals surface area contributed by atoms with E-state index < -0.39 is 17.5 Å². The molecule has 2 heterocycles. The second-order valence-corrected chi connectivity index (χ2v) is 5.42. The lowest BCUT2D eigenvalue weighted by Crippen LogP contribution is -2.56. The Morgan fingerprint density at radius 2 is 2.17 bits per heavy atom. The molecule has 1 aromatic rings. The lowest BCUT2D eigenvalue weighted by molar-refractivity contribution is -0.162. The maximum Gasteiger partial charge on any atom is 0.312 e. The molecule has 0 radical (unpaired) electrons. The van der Waals surface area contributed by atoms with Crippen molar-refractivity contribution in [2.45, 2.75) is 32.3 Å². The molecule has 1 fully saturated rings. The number of carboxylic acid groups (broad SMARTS) is 2. The van der Waals surface area contributed by atoms with E-state index in [0.29, 0.717) is 25.1 Å². The summed E-state index contributed by atoms with van der Waals surface area (Å²) < 4.78 is 0. The van der Waals surface area contributed by atoms with Gasteiger partial charge in [0.1, 0.15) is 5.69 Å². The molecule has 0 aromatic carbocycles. The molecule has 8 heteroatoms. The highest BCUT2D eigenvalue weighted by atomic mass is 16.4. The molecule has 0 spiro atoms. The maximum atomic E-state index is 12.2. The minimum Gasteiger partial charge on any atom is -0.483 e. The fraction of sp³-hybridized carbons (Fsp3) is 0.533. The number of carbonyl (C=O) groups is 3. The van der Waals surface area contributed by atoms with E-state index in [4.69, 9.17) is 9.90 Å². The van der Waals surface area contributed by atoms with Gasteiger partial charge in [0, 0.05) is 19.3 Å². The highest BCUT2D eigenvalue weighted by Crippen LogP contribution is 2.37. The number of nitrogens with one attached hydrogen (secondary N) is 1. The molecular formula is C15H22N2O6. The first-order valence-corrected chi connectivity index (χ1v) is 7.35. The van der Waals surface area contributed by atoms with Gasteiger partial charge in [-0.15, -0.1) is 0 Å². The summed E-state index contributed by atoms with van der Waals surface area (Å²) in [5, 5.41) is 26.6. The predicted molar refractivity (Wildman–Crippen MR) is 81.0 cm³/mol. The molecule has 0 unspecified atom stereocenters. The average Bonchev–Trinajstić information content (AvgIpc) is 3.03. The molecule has 2 rings (SSSR count). The molecule has 1 aromatic heterocycles. The SMILES string of the molecule is CCC[C@]1(C(=O)O)CCN(C(=O)c2ccc[nH]2)C[C@@H]1O.O=CO. The van der Waals surface area contributed by atoms with Gasteiger partial charge in [0.25, 0.3) is 12.4 Å². The van der Waals surface area contributed by atoms with Crippen molar-refractivity contribution in [1.29, 1.82) is 0 Å². The summed E-state index contributed by atoms with van der Waals surface area (Å²) in [7, 11) is 0. The number of H-pyrrole nitrogens is 1. The minimum absolute atomic E-state index is 0.0597. The zero-order chi connectivity index (χ0) is 17.5. The number of carboxylic acids is 1. The number of aromatic nitrogens is 1. The monoisotopic (exact) mass is 326 g/mol. The second kappa shape index (κ2) is 8.33. The zero-order valence-electron chi connectivity index (χ0n) is 12.9. The van der Waals surface area contributed by atoms with Gasteiger partial charge in [0.2, 0.25) is 0 Å². The highest BCUT2D eigenvalue weighted by molar-refractivity contribution is 5.92. The van der Waals surface area contributed by atoms with Crippen molar-refractivity contribution in [2.24, 2.45) is 5.41 Å². The van der Waals surface area contributed by atoms with E-state index in [1.165, 1.54) is 4.90 Å². The van der Waals surface area contributed by atoms with E-state index in [1.807, 2.05) is 6.92 Å². The number of hydrogen-bond acceptors (Lipinski definition) is 4.